The lowest BCUT2D eigenvalue weighted by Gasteiger charge is -2.37. The number of rotatable bonds is 10. The molecule has 2 saturated heterocycles. The Labute approximate surface area is 257 Å². The fourth-order valence-corrected chi connectivity index (χ4v) is 5.41. The van der Waals surface area contributed by atoms with E-state index in [2.05, 4.69) is 16.0 Å². The summed E-state index contributed by atoms with van der Waals surface area (Å²) in [6.07, 6.45) is -5.14. The van der Waals surface area contributed by atoms with Gasteiger partial charge in [0.1, 0.15) is 6.04 Å². The molecule has 4 rings (SSSR count). The number of aliphatic hydroxyl groups excluding tert-OH is 1. The topological polar surface area (TPSA) is 100 Å². The summed E-state index contributed by atoms with van der Waals surface area (Å²) in [4.78, 5) is 31.1. The molecule has 9 nitrogen and oxygen atoms in total. The van der Waals surface area contributed by atoms with Crippen LogP contribution < -0.4 is 20.9 Å². The number of amides is 2. The van der Waals surface area contributed by atoms with Gasteiger partial charge in [-0.15, -0.1) is 0 Å². The first kappa shape index (κ1) is 33.8. The molecule has 2 aromatic carbocycles. The highest BCUT2D eigenvalue weighted by atomic mass is 35.5. The molecule has 44 heavy (non-hydrogen) atoms. The highest BCUT2D eigenvalue weighted by Gasteiger charge is 2.32. The van der Waals surface area contributed by atoms with Crippen molar-refractivity contribution in [3.8, 4) is 0 Å². The van der Waals surface area contributed by atoms with Gasteiger partial charge in [0.25, 0.3) is 5.91 Å². The Balaban J connectivity index is 1.45. The van der Waals surface area contributed by atoms with Gasteiger partial charge in [-0.25, -0.2) is 8.78 Å². The molecule has 2 aromatic rings. The van der Waals surface area contributed by atoms with Crippen LogP contribution in [-0.4, -0.2) is 104 Å². The highest BCUT2D eigenvalue weighted by molar-refractivity contribution is 6.31. The molecule has 242 valence electrons. The second-order valence-electron chi connectivity index (χ2n) is 11.0. The van der Waals surface area contributed by atoms with Crippen molar-refractivity contribution < 1.29 is 36.6 Å². The Morgan fingerprint density at radius 1 is 1.09 bits per heavy atom. The molecule has 2 atom stereocenters. The molecule has 2 amide bonds. The molecule has 0 radical (unpaired) electrons. The van der Waals surface area contributed by atoms with Gasteiger partial charge in [-0.2, -0.15) is 13.2 Å². The maximum absolute atomic E-state index is 15.3. The Hall–Kier alpha value is -3.04. The summed E-state index contributed by atoms with van der Waals surface area (Å²) < 4.78 is 68.4. The number of nitrogens with one attached hydrogen (secondary N) is 3. The van der Waals surface area contributed by atoms with Gasteiger partial charge in [-0.1, -0.05) is 17.7 Å². The smallest absolute Gasteiger partial charge is 0.390 e. The summed E-state index contributed by atoms with van der Waals surface area (Å²) >= 11 is 6.20. The van der Waals surface area contributed by atoms with Gasteiger partial charge in [0.2, 0.25) is 5.91 Å². The van der Waals surface area contributed by atoms with Gasteiger partial charge in [-0.3, -0.25) is 19.4 Å². The molecule has 0 saturated carbocycles. The van der Waals surface area contributed by atoms with Crippen LogP contribution >= 0.6 is 11.6 Å². The number of anilines is 2. The predicted octanol–water partition coefficient (Wildman–Crippen LogP) is 3.22. The van der Waals surface area contributed by atoms with Crippen LogP contribution in [-0.2, 0) is 11.3 Å². The van der Waals surface area contributed by atoms with Gasteiger partial charge in [0.15, 0.2) is 11.6 Å². The number of alkyl halides is 3. The number of hydrogen-bond acceptors (Lipinski definition) is 7. The van der Waals surface area contributed by atoms with Crippen molar-refractivity contribution in [2.75, 3.05) is 69.2 Å². The van der Waals surface area contributed by atoms with Gasteiger partial charge in [0, 0.05) is 75.5 Å². The number of aliphatic hydroxyl groups is 1. The van der Waals surface area contributed by atoms with Crippen LogP contribution in [0.2, 0.25) is 5.02 Å². The third kappa shape index (κ3) is 8.78. The summed E-state index contributed by atoms with van der Waals surface area (Å²) in [5, 5.41) is 18.0. The summed E-state index contributed by atoms with van der Waals surface area (Å²) in [6, 6.07) is 6.02. The number of benzene rings is 2. The van der Waals surface area contributed by atoms with E-state index < -0.39 is 47.8 Å². The van der Waals surface area contributed by atoms with Crippen molar-refractivity contribution in [2.24, 2.45) is 0 Å². The van der Waals surface area contributed by atoms with Crippen LogP contribution in [0.15, 0.2) is 30.3 Å². The van der Waals surface area contributed by atoms with E-state index >= 15 is 8.78 Å². The van der Waals surface area contributed by atoms with Gasteiger partial charge in [0.05, 0.1) is 30.0 Å². The summed E-state index contributed by atoms with van der Waals surface area (Å²) in [5.41, 5.74) is 0.260. The van der Waals surface area contributed by atoms with Crippen LogP contribution in [0.4, 0.5) is 33.3 Å². The quantitative estimate of drug-likeness (QED) is 0.294. The molecule has 0 bridgehead atoms. The molecular weight excluding hydrogens is 611 g/mol. The molecule has 15 heteroatoms. The molecule has 4 N–H and O–H groups in total. The highest BCUT2D eigenvalue weighted by Crippen LogP contribution is 2.31. The van der Waals surface area contributed by atoms with Crippen molar-refractivity contribution in [2.45, 2.75) is 38.1 Å². The third-order valence-corrected chi connectivity index (χ3v) is 7.97. The van der Waals surface area contributed by atoms with Crippen molar-refractivity contribution in [3.05, 3.63) is 58.1 Å². The average molecular weight is 647 g/mol. The van der Waals surface area contributed by atoms with Gasteiger partial charge < -0.3 is 26.0 Å². The lowest BCUT2D eigenvalue weighted by molar-refractivity contribution is -0.138. The monoisotopic (exact) mass is 646 g/mol. The lowest BCUT2D eigenvalue weighted by atomic mass is 10.1. The van der Waals surface area contributed by atoms with E-state index in [1.165, 1.54) is 24.3 Å². The minimum atomic E-state index is -4.24. The van der Waals surface area contributed by atoms with E-state index in [9.17, 15) is 27.9 Å². The van der Waals surface area contributed by atoms with Gasteiger partial charge >= 0.3 is 6.18 Å². The number of nitrogens with zero attached hydrogens (tertiary/aromatic N) is 3. The fraction of sp³-hybridized carbons (Fsp3) is 0.517. The van der Waals surface area contributed by atoms with Crippen molar-refractivity contribution in [1.82, 2.24) is 20.4 Å². The normalized spacial score (nSPS) is 19.1. The summed E-state index contributed by atoms with van der Waals surface area (Å²) in [5.74, 6) is -3.78. The Bertz CT molecular complexity index is 1330. The summed E-state index contributed by atoms with van der Waals surface area (Å²) in [7, 11) is 0. The molecule has 2 fully saturated rings. The van der Waals surface area contributed by atoms with Crippen molar-refractivity contribution in [3.63, 3.8) is 0 Å². The van der Waals surface area contributed by atoms with Crippen LogP contribution in [0.5, 0.6) is 0 Å². The number of halogens is 6. The zero-order chi connectivity index (χ0) is 32.0. The molecule has 1 unspecified atom stereocenters. The standard InChI is InChI=1S/C29H36ClF5N6O3/c1-18(17-42)37-28(44)24-15-36-7-9-41(24)16-19-2-4-21(26(32)25(19)31)27(43)38-22-5-3-20(30)14-23(22)40-12-10-39(11-13-40)8-6-29(33,34)35/h2-5,14,18,24,36,42H,6-13,15-17H2,1H3,(H,37,44)(H,38,43)/t18-,24?/m0/s1. The van der Waals surface area contributed by atoms with E-state index in [4.69, 9.17) is 11.6 Å². The first-order valence-electron chi connectivity index (χ1n) is 14.3. The van der Waals surface area contributed by atoms with Crippen molar-refractivity contribution >= 4 is 34.8 Å². The fourth-order valence-electron chi connectivity index (χ4n) is 5.24. The first-order valence-corrected chi connectivity index (χ1v) is 14.7. The predicted molar refractivity (Wildman–Crippen MR) is 157 cm³/mol. The molecular formula is C29H36ClF5N6O3. The van der Waals surface area contributed by atoms with Crippen LogP contribution in [0, 0.1) is 11.6 Å². The average Bonchev–Trinajstić information content (AvgIpc) is 2.99. The number of carbonyl (C=O) groups excluding carboxylic acids is 2. The maximum atomic E-state index is 15.3. The second kappa shape index (κ2) is 14.8. The number of hydrogen-bond donors (Lipinski definition) is 4. The lowest BCUT2D eigenvalue weighted by Crippen LogP contribution is -2.58. The minimum Gasteiger partial charge on any atom is -0.394 e. The minimum absolute atomic E-state index is 0.0236. The Morgan fingerprint density at radius 3 is 2.50 bits per heavy atom. The second-order valence-corrected chi connectivity index (χ2v) is 11.4. The van der Waals surface area contributed by atoms with E-state index in [0.29, 0.717) is 62.2 Å². The maximum Gasteiger partial charge on any atom is 0.390 e. The van der Waals surface area contributed by atoms with E-state index in [1.807, 2.05) is 4.90 Å². The van der Waals surface area contributed by atoms with Crippen LogP contribution in [0.3, 0.4) is 0 Å². The summed E-state index contributed by atoms with van der Waals surface area (Å²) in [6.45, 7) is 3.94. The number of piperazine rings is 2. The van der Waals surface area contributed by atoms with E-state index in [-0.39, 0.29) is 31.2 Å². The van der Waals surface area contributed by atoms with Gasteiger partial charge in [-0.05, 0) is 31.2 Å². The SMILES string of the molecule is C[C@@H](CO)NC(=O)C1CNCCN1Cc1ccc(C(=O)Nc2ccc(Cl)cc2N2CCN(CCC(F)(F)F)CC2)c(F)c1F. The Kier molecular flexibility index (Phi) is 11.4. The van der Waals surface area contributed by atoms with Crippen LogP contribution in [0.1, 0.15) is 29.3 Å². The van der Waals surface area contributed by atoms with E-state index in [1.54, 1.807) is 22.8 Å². The first-order chi connectivity index (χ1) is 20.9. The van der Waals surface area contributed by atoms with Crippen LogP contribution in [0.25, 0.3) is 0 Å². The molecule has 2 aliphatic heterocycles. The third-order valence-electron chi connectivity index (χ3n) is 7.73. The molecule has 0 aromatic heterocycles. The zero-order valence-corrected chi connectivity index (χ0v) is 24.9. The molecule has 0 aliphatic carbocycles. The zero-order valence-electron chi connectivity index (χ0n) is 24.2. The largest absolute Gasteiger partial charge is 0.394 e. The number of carbonyl (C=O) groups is 2. The molecule has 2 heterocycles. The molecule has 0 spiro atoms. The van der Waals surface area contributed by atoms with Crippen molar-refractivity contribution in [1.29, 1.82) is 0 Å². The van der Waals surface area contributed by atoms with E-state index in [0.717, 1.165) is 0 Å². The molecule has 2 aliphatic rings. The Morgan fingerprint density at radius 2 is 1.82 bits per heavy atom.